The van der Waals surface area contributed by atoms with Crippen LogP contribution in [-0.2, 0) is 4.74 Å². The Labute approximate surface area is 115 Å². The molecule has 20 heavy (non-hydrogen) atoms. The first-order valence-corrected chi connectivity index (χ1v) is 6.48. The van der Waals surface area contributed by atoms with Gasteiger partial charge in [0.15, 0.2) is 5.03 Å². The van der Waals surface area contributed by atoms with Crippen molar-refractivity contribution in [2.45, 2.75) is 34.9 Å². The first-order chi connectivity index (χ1) is 9.43. The van der Waals surface area contributed by atoms with E-state index in [1.54, 1.807) is 0 Å². The number of aromatic nitrogens is 3. The minimum absolute atomic E-state index is 0.186. The Bertz CT molecular complexity index is 573. The molecule has 1 fully saturated rings. The van der Waals surface area contributed by atoms with E-state index in [9.17, 15) is 24.9 Å². The predicted octanol–water partition coefficient (Wildman–Crippen LogP) is -3.65. The summed E-state index contributed by atoms with van der Waals surface area (Å²) in [5.41, 5.74) is -2.70. The summed E-state index contributed by atoms with van der Waals surface area (Å²) >= 11 is 0.653. The van der Waals surface area contributed by atoms with Crippen LogP contribution in [0.25, 0.3) is 0 Å². The van der Waals surface area contributed by atoms with Gasteiger partial charge < -0.3 is 25.2 Å². The Kier molecular flexibility index (Phi) is 4.57. The molecule has 0 aliphatic carbocycles. The molecule has 0 aromatic carbocycles. The number of hydrogen-bond acceptors (Lipinski definition) is 9. The van der Waals surface area contributed by atoms with Crippen LogP contribution in [0.1, 0.15) is 0 Å². The third-order valence-corrected chi connectivity index (χ3v) is 3.88. The van der Waals surface area contributed by atoms with Crippen molar-refractivity contribution in [1.29, 1.82) is 0 Å². The van der Waals surface area contributed by atoms with Crippen LogP contribution in [-0.4, -0.2) is 72.1 Å². The molecular weight excluding hydrogens is 294 g/mol. The second-order valence-corrected chi connectivity index (χ2v) is 5.21. The van der Waals surface area contributed by atoms with Crippen molar-refractivity contribution in [2.24, 2.45) is 0 Å². The number of nitrogens with one attached hydrogen (secondary N) is 2. The fourth-order valence-electron chi connectivity index (χ4n) is 1.69. The van der Waals surface area contributed by atoms with Gasteiger partial charge in [0.2, 0.25) is 0 Å². The third kappa shape index (κ3) is 2.92. The van der Waals surface area contributed by atoms with Crippen LogP contribution in [0.2, 0.25) is 0 Å². The normalized spacial score (nSPS) is 34.1. The monoisotopic (exact) mass is 307 g/mol. The Morgan fingerprint density at radius 3 is 2.50 bits per heavy atom. The zero-order chi connectivity index (χ0) is 14.9. The summed E-state index contributed by atoms with van der Waals surface area (Å²) in [5.74, 6) is 0. The van der Waals surface area contributed by atoms with Crippen LogP contribution in [0, 0.1) is 0 Å². The standard InChI is InChI=1S/C9H13N3O7S/c13-1-2-3(14)4(15)5(16)8(19-2)20-7-6(17)10-9(18)12-11-7/h2-5,8,13-16H,1H2,(H2,10,12,17,18). The molecule has 0 radical (unpaired) electrons. The molecule has 0 spiro atoms. The SMILES string of the molecule is O=c1[nH]nc(SC2OC(CO)C(O)C(O)C2O)c(=O)[nH]1. The summed E-state index contributed by atoms with van der Waals surface area (Å²) in [5, 5.41) is 43.3. The van der Waals surface area contributed by atoms with Crippen LogP contribution in [0.4, 0.5) is 0 Å². The van der Waals surface area contributed by atoms with Gasteiger partial charge in [0, 0.05) is 0 Å². The molecular formula is C9H13N3O7S. The summed E-state index contributed by atoms with van der Waals surface area (Å²) in [7, 11) is 0. The molecule has 5 unspecified atom stereocenters. The van der Waals surface area contributed by atoms with Gasteiger partial charge in [-0.1, -0.05) is 11.8 Å². The summed E-state index contributed by atoms with van der Waals surface area (Å²) in [6.45, 7) is -0.572. The predicted molar refractivity (Wildman–Crippen MR) is 65.1 cm³/mol. The van der Waals surface area contributed by atoms with E-state index >= 15 is 0 Å². The molecule has 0 bridgehead atoms. The first-order valence-electron chi connectivity index (χ1n) is 5.60. The lowest BCUT2D eigenvalue weighted by atomic mass is 10.0. The maximum Gasteiger partial charge on any atom is 0.342 e. The zero-order valence-corrected chi connectivity index (χ0v) is 10.8. The largest absolute Gasteiger partial charge is 0.394 e. The maximum absolute atomic E-state index is 11.5. The molecule has 5 atom stereocenters. The number of hydrogen-bond donors (Lipinski definition) is 6. The smallest absolute Gasteiger partial charge is 0.342 e. The molecule has 1 aromatic heterocycles. The Morgan fingerprint density at radius 1 is 1.20 bits per heavy atom. The van der Waals surface area contributed by atoms with Crippen LogP contribution in [0.3, 0.4) is 0 Å². The van der Waals surface area contributed by atoms with E-state index in [4.69, 9.17) is 9.84 Å². The second-order valence-electron chi connectivity index (χ2n) is 4.13. The Hall–Kier alpha value is -1.24. The molecule has 1 aromatic rings. The lowest BCUT2D eigenvalue weighted by Crippen LogP contribution is -2.57. The Balaban J connectivity index is 2.19. The van der Waals surface area contributed by atoms with Gasteiger partial charge >= 0.3 is 5.69 Å². The van der Waals surface area contributed by atoms with Crippen molar-refractivity contribution in [2.75, 3.05) is 6.61 Å². The van der Waals surface area contributed by atoms with Crippen molar-refractivity contribution < 1.29 is 25.2 Å². The molecule has 6 N–H and O–H groups in total. The molecule has 0 amide bonds. The van der Waals surface area contributed by atoms with Crippen LogP contribution in [0.5, 0.6) is 0 Å². The van der Waals surface area contributed by atoms with Gasteiger partial charge in [-0.25, -0.2) is 9.89 Å². The van der Waals surface area contributed by atoms with Gasteiger partial charge in [0.05, 0.1) is 6.61 Å². The van der Waals surface area contributed by atoms with Gasteiger partial charge in [-0.05, 0) is 0 Å². The quantitative estimate of drug-likeness (QED) is 0.329. The molecule has 0 saturated carbocycles. The number of aliphatic hydroxyl groups excluding tert-OH is 4. The van der Waals surface area contributed by atoms with Crippen LogP contribution in [0.15, 0.2) is 14.6 Å². The van der Waals surface area contributed by atoms with Gasteiger partial charge in [-0.3, -0.25) is 9.78 Å². The van der Waals surface area contributed by atoms with E-state index < -0.39 is 47.7 Å². The van der Waals surface area contributed by atoms with E-state index in [2.05, 4.69) is 5.10 Å². The highest BCUT2D eigenvalue weighted by Crippen LogP contribution is 2.30. The van der Waals surface area contributed by atoms with E-state index in [-0.39, 0.29) is 5.03 Å². The fraction of sp³-hybridized carbons (Fsp3) is 0.667. The Morgan fingerprint density at radius 2 is 1.90 bits per heavy atom. The summed E-state index contributed by atoms with van der Waals surface area (Å²) in [4.78, 5) is 24.2. The highest BCUT2D eigenvalue weighted by molar-refractivity contribution is 7.99. The van der Waals surface area contributed by atoms with Gasteiger partial charge in [-0.15, -0.1) is 0 Å². The highest BCUT2D eigenvalue weighted by Gasteiger charge is 2.44. The van der Waals surface area contributed by atoms with Crippen molar-refractivity contribution in [3.63, 3.8) is 0 Å². The number of nitrogens with zero attached hydrogens (tertiary/aromatic N) is 1. The van der Waals surface area contributed by atoms with Crippen molar-refractivity contribution in [3.05, 3.63) is 20.8 Å². The molecule has 1 saturated heterocycles. The van der Waals surface area contributed by atoms with Gasteiger partial charge in [0.25, 0.3) is 5.56 Å². The lowest BCUT2D eigenvalue weighted by Gasteiger charge is -2.39. The molecule has 11 heteroatoms. The van der Waals surface area contributed by atoms with Crippen LogP contribution >= 0.6 is 11.8 Å². The molecule has 2 rings (SSSR count). The van der Waals surface area contributed by atoms with Crippen LogP contribution < -0.4 is 11.2 Å². The van der Waals surface area contributed by atoms with Crippen molar-refractivity contribution >= 4 is 11.8 Å². The van der Waals surface area contributed by atoms with E-state index in [1.165, 1.54) is 0 Å². The van der Waals surface area contributed by atoms with Gasteiger partial charge in [0.1, 0.15) is 29.9 Å². The molecule has 1 aliphatic rings. The average Bonchev–Trinajstić information content (AvgIpc) is 2.42. The third-order valence-electron chi connectivity index (χ3n) is 2.76. The van der Waals surface area contributed by atoms with E-state index in [1.807, 2.05) is 10.1 Å². The van der Waals surface area contributed by atoms with E-state index in [0.717, 1.165) is 0 Å². The molecule has 112 valence electrons. The highest BCUT2D eigenvalue weighted by atomic mass is 32.2. The number of rotatable bonds is 3. The number of ether oxygens (including phenoxy) is 1. The summed E-state index contributed by atoms with van der Waals surface area (Å²) < 4.78 is 5.19. The van der Waals surface area contributed by atoms with E-state index in [0.29, 0.717) is 11.8 Å². The maximum atomic E-state index is 11.5. The fourth-order valence-corrected chi connectivity index (χ4v) is 2.67. The average molecular weight is 307 g/mol. The lowest BCUT2D eigenvalue weighted by molar-refractivity contribution is -0.205. The molecule has 2 heterocycles. The minimum Gasteiger partial charge on any atom is -0.394 e. The number of aliphatic hydroxyl groups is 4. The minimum atomic E-state index is -1.54. The molecule has 1 aliphatic heterocycles. The zero-order valence-electron chi connectivity index (χ0n) is 9.96. The number of aromatic amines is 2. The van der Waals surface area contributed by atoms with Gasteiger partial charge in [-0.2, -0.15) is 5.10 Å². The number of H-pyrrole nitrogens is 2. The summed E-state index contributed by atoms with van der Waals surface area (Å²) in [6.07, 6.45) is -5.59. The van der Waals surface area contributed by atoms with Crippen molar-refractivity contribution in [1.82, 2.24) is 15.2 Å². The number of thioether (sulfide) groups is 1. The summed E-state index contributed by atoms with van der Waals surface area (Å²) in [6, 6.07) is 0. The first kappa shape index (κ1) is 15.2. The topological polar surface area (TPSA) is 169 Å². The van der Waals surface area contributed by atoms with Crippen molar-refractivity contribution in [3.8, 4) is 0 Å². The second kappa shape index (κ2) is 6.03. The molecule has 10 nitrogen and oxygen atoms in total.